The third-order valence-electron chi connectivity index (χ3n) is 2.02. The number of benzene rings is 1. The van der Waals surface area contributed by atoms with Gasteiger partial charge in [0.2, 0.25) is 0 Å². The van der Waals surface area contributed by atoms with E-state index in [1.807, 2.05) is 5.32 Å². The molecule has 6 heteroatoms. The lowest BCUT2D eigenvalue weighted by molar-refractivity contribution is -0.137. The maximum Gasteiger partial charge on any atom is 0.418 e. The van der Waals surface area contributed by atoms with E-state index in [2.05, 4.69) is 0 Å². The highest BCUT2D eigenvalue weighted by molar-refractivity contribution is 5.97. The van der Waals surface area contributed by atoms with Gasteiger partial charge in [-0.1, -0.05) is 12.1 Å². The average molecular weight is 249 g/mol. The van der Waals surface area contributed by atoms with E-state index < -0.39 is 29.0 Å². The fourth-order valence-corrected chi connectivity index (χ4v) is 1.11. The number of rotatable bonds is 2. The molecule has 0 spiro atoms. The van der Waals surface area contributed by atoms with Crippen LogP contribution in [0.25, 0.3) is 0 Å². The molecule has 0 fully saturated rings. The Morgan fingerprint density at radius 2 is 1.65 bits per heavy atom. The molecule has 1 aromatic carbocycles. The van der Waals surface area contributed by atoms with Gasteiger partial charge in [0, 0.05) is 0 Å². The minimum atomic E-state index is -4.59. The third-order valence-corrected chi connectivity index (χ3v) is 2.02. The zero-order valence-electron chi connectivity index (χ0n) is 9.23. The van der Waals surface area contributed by atoms with Crippen molar-refractivity contribution in [1.29, 1.82) is 0 Å². The summed E-state index contributed by atoms with van der Waals surface area (Å²) in [5.41, 5.74) is -3.69. The molecule has 0 saturated heterocycles. The van der Waals surface area contributed by atoms with Gasteiger partial charge in [-0.15, -0.1) is 0 Å². The summed E-state index contributed by atoms with van der Waals surface area (Å²) in [7, 11) is 0. The molecular formula is C11H11F4NO. The summed E-state index contributed by atoms with van der Waals surface area (Å²) >= 11 is 0. The number of alkyl halides is 4. The molecule has 2 nitrogen and oxygen atoms in total. The van der Waals surface area contributed by atoms with Gasteiger partial charge in [0.05, 0.1) is 11.3 Å². The van der Waals surface area contributed by atoms with Crippen LogP contribution in [0.2, 0.25) is 0 Å². The second-order valence-corrected chi connectivity index (χ2v) is 3.97. The summed E-state index contributed by atoms with van der Waals surface area (Å²) in [5, 5.41) is 1.92. The van der Waals surface area contributed by atoms with Gasteiger partial charge in [0.25, 0.3) is 5.91 Å². The molecule has 0 aromatic heterocycles. The van der Waals surface area contributed by atoms with E-state index in [-0.39, 0.29) is 0 Å². The first kappa shape index (κ1) is 13.5. The smallest absolute Gasteiger partial charge is 0.323 e. The summed E-state index contributed by atoms with van der Waals surface area (Å²) in [6, 6.07) is 4.42. The molecule has 0 bridgehead atoms. The predicted octanol–water partition coefficient (Wildman–Crippen LogP) is 3.39. The first-order valence-electron chi connectivity index (χ1n) is 4.79. The molecule has 0 saturated carbocycles. The normalized spacial score (nSPS) is 12.4. The maximum absolute atomic E-state index is 13.2. The largest absolute Gasteiger partial charge is 0.418 e. The van der Waals surface area contributed by atoms with Crippen molar-refractivity contribution in [3.63, 3.8) is 0 Å². The Hall–Kier alpha value is -1.59. The molecule has 1 rings (SSSR count). The van der Waals surface area contributed by atoms with Crippen LogP contribution in [0.4, 0.5) is 23.2 Å². The van der Waals surface area contributed by atoms with Gasteiger partial charge in [-0.25, -0.2) is 4.39 Å². The second kappa shape index (κ2) is 4.35. The van der Waals surface area contributed by atoms with Crippen molar-refractivity contribution in [2.45, 2.75) is 25.7 Å². The highest BCUT2D eigenvalue weighted by Gasteiger charge is 2.35. The number of halogens is 4. The molecule has 0 aliphatic carbocycles. The molecule has 0 atom stereocenters. The van der Waals surface area contributed by atoms with Gasteiger partial charge in [-0.05, 0) is 26.0 Å². The van der Waals surface area contributed by atoms with Crippen molar-refractivity contribution >= 4 is 11.6 Å². The molecule has 1 aromatic rings. The Morgan fingerprint density at radius 1 is 1.12 bits per heavy atom. The van der Waals surface area contributed by atoms with Crippen molar-refractivity contribution < 1.29 is 22.4 Å². The molecule has 0 heterocycles. The van der Waals surface area contributed by atoms with Crippen LogP contribution < -0.4 is 5.32 Å². The van der Waals surface area contributed by atoms with Gasteiger partial charge in [-0.2, -0.15) is 13.2 Å². The molecule has 1 N–H and O–H groups in total. The number of carbonyl (C=O) groups is 1. The zero-order chi connectivity index (χ0) is 13.3. The Balaban J connectivity index is 3.04. The Labute approximate surface area is 95.6 Å². The lowest BCUT2D eigenvalue weighted by atomic mass is 10.1. The van der Waals surface area contributed by atoms with E-state index in [9.17, 15) is 22.4 Å². The number of carbonyl (C=O) groups excluding carboxylic acids is 1. The lowest BCUT2D eigenvalue weighted by Gasteiger charge is -2.17. The van der Waals surface area contributed by atoms with Gasteiger partial charge in [-0.3, -0.25) is 4.79 Å². The number of amides is 1. The quantitative estimate of drug-likeness (QED) is 0.800. The third kappa shape index (κ3) is 3.44. The van der Waals surface area contributed by atoms with Crippen LogP contribution in [-0.4, -0.2) is 11.6 Å². The predicted molar refractivity (Wildman–Crippen MR) is 55.3 cm³/mol. The van der Waals surface area contributed by atoms with Gasteiger partial charge < -0.3 is 5.32 Å². The van der Waals surface area contributed by atoms with Crippen LogP contribution in [0.3, 0.4) is 0 Å². The first-order valence-corrected chi connectivity index (χ1v) is 4.79. The maximum atomic E-state index is 13.2. The Bertz CT molecular complexity index is 420. The van der Waals surface area contributed by atoms with E-state index in [1.54, 1.807) is 0 Å². The number of hydrogen-bond donors (Lipinski definition) is 1. The molecule has 17 heavy (non-hydrogen) atoms. The fraction of sp³-hybridized carbons (Fsp3) is 0.364. The minimum Gasteiger partial charge on any atom is -0.323 e. The summed E-state index contributed by atoms with van der Waals surface area (Å²) < 4.78 is 50.9. The summed E-state index contributed by atoms with van der Waals surface area (Å²) in [5.74, 6) is -1.12. The summed E-state index contributed by atoms with van der Waals surface area (Å²) in [6.45, 7) is 1.94. The lowest BCUT2D eigenvalue weighted by Crippen LogP contribution is -2.33. The Morgan fingerprint density at radius 3 is 2.12 bits per heavy atom. The van der Waals surface area contributed by atoms with Crippen molar-refractivity contribution in [2.24, 2.45) is 0 Å². The number of anilines is 1. The highest BCUT2D eigenvalue weighted by atomic mass is 19.4. The van der Waals surface area contributed by atoms with Gasteiger partial charge in [0.15, 0.2) is 5.67 Å². The van der Waals surface area contributed by atoms with Crippen molar-refractivity contribution in [3.8, 4) is 0 Å². The van der Waals surface area contributed by atoms with Crippen LogP contribution in [-0.2, 0) is 11.0 Å². The monoisotopic (exact) mass is 249 g/mol. The molecular weight excluding hydrogens is 238 g/mol. The topological polar surface area (TPSA) is 29.1 Å². The fourth-order valence-electron chi connectivity index (χ4n) is 1.11. The second-order valence-electron chi connectivity index (χ2n) is 3.97. The first-order chi connectivity index (χ1) is 7.62. The minimum absolute atomic E-state index is 0.448. The van der Waals surface area contributed by atoms with Crippen molar-refractivity contribution in [3.05, 3.63) is 29.8 Å². The summed E-state index contributed by atoms with van der Waals surface area (Å²) in [6.07, 6.45) is -4.59. The number of nitrogens with one attached hydrogen (secondary N) is 1. The SMILES string of the molecule is CC(C)(F)C(=O)Nc1ccccc1C(F)(F)F. The van der Waals surface area contributed by atoms with E-state index in [0.29, 0.717) is 0 Å². The molecule has 0 aliphatic heterocycles. The standard InChI is InChI=1S/C11H11F4NO/c1-10(2,12)9(17)16-8-6-4-3-5-7(8)11(13,14)15/h3-6H,1-2H3,(H,16,17). The average Bonchev–Trinajstić information content (AvgIpc) is 2.15. The molecule has 0 radical (unpaired) electrons. The van der Waals surface area contributed by atoms with E-state index in [1.165, 1.54) is 12.1 Å². The van der Waals surface area contributed by atoms with Gasteiger partial charge in [0.1, 0.15) is 0 Å². The molecule has 0 unspecified atom stereocenters. The van der Waals surface area contributed by atoms with Crippen LogP contribution in [0, 0.1) is 0 Å². The van der Waals surface area contributed by atoms with Crippen LogP contribution in [0.15, 0.2) is 24.3 Å². The summed E-state index contributed by atoms with van der Waals surface area (Å²) in [4.78, 5) is 11.3. The molecule has 94 valence electrons. The number of hydrogen-bond acceptors (Lipinski definition) is 1. The molecule has 0 aliphatic rings. The molecule has 1 amide bonds. The van der Waals surface area contributed by atoms with Crippen molar-refractivity contribution in [1.82, 2.24) is 0 Å². The van der Waals surface area contributed by atoms with E-state index >= 15 is 0 Å². The van der Waals surface area contributed by atoms with Crippen LogP contribution in [0.5, 0.6) is 0 Å². The highest BCUT2D eigenvalue weighted by Crippen LogP contribution is 2.34. The number of para-hydroxylation sites is 1. The van der Waals surface area contributed by atoms with Gasteiger partial charge >= 0.3 is 6.18 Å². The zero-order valence-corrected chi connectivity index (χ0v) is 9.23. The van der Waals surface area contributed by atoms with E-state index in [4.69, 9.17) is 0 Å². The van der Waals surface area contributed by atoms with Crippen molar-refractivity contribution in [2.75, 3.05) is 5.32 Å². The Kier molecular flexibility index (Phi) is 3.45. The van der Waals surface area contributed by atoms with Crippen LogP contribution in [0.1, 0.15) is 19.4 Å². The van der Waals surface area contributed by atoms with Crippen LogP contribution >= 0.6 is 0 Å². The van der Waals surface area contributed by atoms with E-state index in [0.717, 1.165) is 26.0 Å².